The summed E-state index contributed by atoms with van der Waals surface area (Å²) in [4.78, 5) is 9.32. The Balaban J connectivity index is 0. The minimum atomic E-state index is -0.829. The first-order valence-corrected chi connectivity index (χ1v) is 2.17. The van der Waals surface area contributed by atoms with E-state index in [1.165, 1.54) is 0 Å². The average molecular weight is 212 g/mol. The van der Waals surface area contributed by atoms with Gasteiger partial charge in [0.05, 0.1) is 0 Å². The van der Waals surface area contributed by atoms with Crippen molar-refractivity contribution < 1.29 is 9.90 Å². The van der Waals surface area contributed by atoms with Gasteiger partial charge in [-0.25, -0.2) is 0 Å². The fraction of sp³-hybridized carbons (Fsp3) is 0.500. The summed E-state index contributed by atoms with van der Waals surface area (Å²) in [5.41, 5.74) is 0. The molecule has 0 aliphatic heterocycles. The molecule has 0 saturated carbocycles. The molecule has 0 aliphatic carbocycles. The summed E-state index contributed by atoms with van der Waals surface area (Å²) >= 11 is 2.71. The molecule has 2 nitrogen and oxygen atoms in total. The van der Waals surface area contributed by atoms with Crippen LogP contribution in [0.5, 0.6) is 0 Å². The number of aliphatic carboxylic acids is 1. The number of carboxylic acids is 1. The van der Waals surface area contributed by atoms with Gasteiger partial charge in [-0.05, 0) is 0 Å². The molecule has 0 aromatic carbocycles. The monoisotopic (exact) mass is 210 g/mol. The molecule has 0 aliphatic rings. The Morgan fingerprint density at radius 1 is 1.83 bits per heavy atom. The average Bonchev–Trinajstić information content (AvgIpc) is 1.38. The summed E-state index contributed by atoms with van der Waals surface area (Å²) in [6.07, 6.45) is 0. The van der Waals surface area contributed by atoms with Crippen LogP contribution in [0.3, 0.4) is 0 Å². The molecule has 0 aromatic rings. The molecule has 0 amide bonds. The molecule has 1 N–H and O–H groups in total. The van der Waals surface area contributed by atoms with Crippen molar-refractivity contribution >= 4 is 41.7 Å². The Bertz CT molecular complexity index is 46.8. The van der Waals surface area contributed by atoms with Gasteiger partial charge in [-0.15, -0.1) is 0 Å². The Morgan fingerprint density at radius 3 is 2.00 bits per heavy atom. The van der Waals surface area contributed by atoms with E-state index in [4.69, 9.17) is 5.11 Å². The van der Waals surface area contributed by atoms with Gasteiger partial charge in [0.15, 0.2) is 0 Å². The van der Waals surface area contributed by atoms with E-state index in [1.807, 2.05) is 0 Å². The topological polar surface area (TPSA) is 37.3 Å². The van der Waals surface area contributed by atoms with Crippen molar-refractivity contribution in [3.8, 4) is 0 Å². The van der Waals surface area contributed by atoms with Gasteiger partial charge in [0.2, 0.25) is 0 Å². The number of hydrogen-bond acceptors (Lipinski definition) is 1. The van der Waals surface area contributed by atoms with Crippen LogP contribution in [0, 0.1) is 0 Å². The number of carbonyl (C=O) groups is 1. The molecular weight excluding hydrogens is 206 g/mol. The predicted molar refractivity (Wildman–Crippen MR) is 31.4 cm³/mol. The first kappa shape index (κ1) is 9.77. The molecule has 0 unspecified atom stereocenters. The molecule has 0 aromatic heterocycles. The van der Waals surface area contributed by atoms with Crippen molar-refractivity contribution in [3.05, 3.63) is 0 Å². The second-order valence-electron chi connectivity index (χ2n) is 0.527. The van der Waals surface area contributed by atoms with Crippen molar-refractivity contribution in [2.45, 2.75) is 0 Å². The molecule has 0 atom stereocenters. The number of alkyl halides is 1. The Hall–Kier alpha value is 0.586. The fourth-order valence-electron chi connectivity index (χ4n) is 0. The SMILES string of the molecule is O=C(O)CBr.[GaH3]. The summed E-state index contributed by atoms with van der Waals surface area (Å²) < 4.78 is 0. The molecule has 0 fully saturated rings. The summed E-state index contributed by atoms with van der Waals surface area (Å²) in [6.45, 7) is 0. The maximum atomic E-state index is 9.32. The van der Waals surface area contributed by atoms with E-state index in [0.717, 1.165) is 0 Å². The van der Waals surface area contributed by atoms with Crippen molar-refractivity contribution in [1.29, 1.82) is 0 Å². The van der Waals surface area contributed by atoms with Crippen LogP contribution in [-0.2, 0) is 4.79 Å². The molecular formula is C2H6BrGaO2. The first-order valence-electron chi connectivity index (χ1n) is 1.05. The van der Waals surface area contributed by atoms with E-state index >= 15 is 0 Å². The second-order valence-corrected chi connectivity index (χ2v) is 1.09. The summed E-state index contributed by atoms with van der Waals surface area (Å²) in [5, 5.41) is 7.71. The van der Waals surface area contributed by atoms with E-state index in [9.17, 15) is 4.79 Å². The van der Waals surface area contributed by atoms with Crippen LogP contribution in [0.15, 0.2) is 0 Å². The number of rotatable bonds is 1. The van der Waals surface area contributed by atoms with Crippen molar-refractivity contribution in [1.82, 2.24) is 0 Å². The Morgan fingerprint density at radius 2 is 2.00 bits per heavy atom. The molecule has 0 radical (unpaired) electrons. The van der Waals surface area contributed by atoms with E-state index in [-0.39, 0.29) is 25.1 Å². The van der Waals surface area contributed by atoms with E-state index in [2.05, 4.69) is 15.9 Å². The molecule has 4 heteroatoms. The van der Waals surface area contributed by atoms with E-state index in [0.29, 0.717) is 0 Å². The fourth-order valence-corrected chi connectivity index (χ4v) is 0. The van der Waals surface area contributed by atoms with Gasteiger partial charge >= 0.3 is 25.8 Å². The molecule has 0 bridgehead atoms. The molecule has 0 spiro atoms. The van der Waals surface area contributed by atoms with Gasteiger partial charge in [-0.1, -0.05) is 15.9 Å². The van der Waals surface area contributed by atoms with Gasteiger partial charge in [0, 0.05) is 0 Å². The van der Waals surface area contributed by atoms with Gasteiger partial charge in [0.1, 0.15) is 5.33 Å². The van der Waals surface area contributed by atoms with E-state index in [1.54, 1.807) is 0 Å². The third-order valence-electron chi connectivity index (χ3n) is 0.114. The third kappa shape index (κ3) is 8.82. The number of hydrogen-bond donors (Lipinski definition) is 1. The van der Waals surface area contributed by atoms with Crippen molar-refractivity contribution in [3.63, 3.8) is 0 Å². The van der Waals surface area contributed by atoms with Gasteiger partial charge in [-0.2, -0.15) is 0 Å². The van der Waals surface area contributed by atoms with Gasteiger partial charge in [-0.3, -0.25) is 4.79 Å². The second kappa shape index (κ2) is 5.59. The first-order chi connectivity index (χ1) is 2.27. The van der Waals surface area contributed by atoms with Gasteiger partial charge in [0.25, 0.3) is 0 Å². The number of halogens is 1. The Labute approximate surface area is 57.1 Å². The van der Waals surface area contributed by atoms with Crippen molar-refractivity contribution in [2.24, 2.45) is 0 Å². The van der Waals surface area contributed by atoms with Crippen LogP contribution < -0.4 is 0 Å². The summed E-state index contributed by atoms with van der Waals surface area (Å²) in [5.74, 6) is -0.829. The van der Waals surface area contributed by atoms with Crippen LogP contribution in [0.1, 0.15) is 0 Å². The summed E-state index contributed by atoms with van der Waals surface area (Å²) in [7, 11) is 0. The van der Waals surface area contributed by atoms with E-state index < -0.39 is 5.97 Å². The van der Waals surface area contributed by atoms with Crippen molar-refractivity contribution in [2.75, 3.05) is 5.33 Å². The third-order valence-corrected chi connectivity index (χ3v) is 0.594. The molecule has 0 heterocycles. The van der Waals surface area contributed by atoms with Crippen LogP contribution in [0.2, 0.25) is 0 Å². The zero-order valence-corrected chi connectivity index (χ0v) is 4.03. The van der Waals surface area contributed by atoms with Crippen LogP contribution in [0.25, 0.3) is 0 Å². The quantitative estimate of drug-likeness (QED) is 0.459. The predicted octanol–water partition coefficient (Wildman–Crippen LogP) is -0.718. The Kier molecular flexibility index (Phi) is 9.10. The maximum absolute atomic E-state index is 9.32. The van der Waals surface area contributed by atoms with Crippen LogP contribution >= 0.6 is 15.9 Å². The molecule has 0 rings (SSSR count). The number of carboxylic acid groups (broad SMARTS) is 1. The summed E-state index contributed by atoms with van der Waals surface area (Å²) in [6, 6.07) is 0. The molecule has 6 heavy (non-hydrogen) atoms. The molecule has 36 valence electrons. The van der Waals surface area contributed by atoms with Crippen LogP contribution in [-0.4, -0.2) is 36.2 Å². The zero-order valence-electron chi connectivity index (χ0n) is 2.44. The van der Waals surface area contributed by atoms with Gasteiger partial charge < -0.3 is 5.11 Å². The molecule has 0 saturated heterocycles. The standard InChI is InChI=1S/C2H3BrO2.Ga.3H/c3-1-2(4)5;;;;/h1H2,(H,4,5);;;;. The normalized spacial score (nSPS) is 6.17. The zero-order chi connectivity index (χ0) is 4.28. The minimum absolute atomic E-state index is 0. The van der Waals surface area contributed by atoms with Crippen LogP contribution in [0.4, 0.5) is 0 Å².